The molecule has 0 saturated carbocycles. The maximum absolute atomic E-state index is 13.2. The fraction of sp³-hybridized carbons (Fsp3) is 0.167. The zero-order valence-electron chi connectivity index (χ0n) is 10.3. The van der Waals surface area contributed by atoms with Crippen molar-refractivity contribution in [3.05, 3.63) is 38.2 Å². The molecule has 2 N–H and O–H groups in total. The Hall–Kier alpha value is -0.920. The standard InChI is InChI=1S/C12H10Br2ClFN4/c1-2-17-11-9(14)12(19-5-18-11)20-10-7(13)3-6(16)4-8(10)15/h3-5H,2H2,1H3,(H2,17,18,19,20). The van der Waals surface area contributed by atoms with Gasteiger partial charge >= 0.3 is 0 Å². The molecule has 1 aromatic carbocycles. The maximum Gasteiger partial charge on any atom is 0.150 e. The molecule has 0 bridgehead atoms. The van der Waals surface area contributed by atoms with Gasteiger partial charge in [-0.3, -0.25) is 0 Å². The van der Waals surface area contributed by atoms with Crippen LogP contribution in [-0.2, 0) is 0 Å². The average molecular weight is 424 g/mol. The Morgan fingerprint density at radius 3 is 2.60 bits per heavy atom. The van der Waals surface area contributed by atoms with E-state index in [-0.39, 0.29) is 5.02 Å². The number of halogens is 4. The van der Waals surface area contributed by atoms with Crippen molar-refractivity contribution in [1.29, 1.82) is 0 Å². The van der Waals surface area contributed by atoms with Gasteiger partial charge in [-0.05, 0) is 50.9 Å². The van der Waals surface area contributed by atoms with Gasteiger partial charge in [0, 0.05) is 11.0 Å². The van der Waals surface area contributed by atoms with Gasteiger partial charge in [-0.1, -0.05) is 11.6 Å². The zero-order valence-corrected chi connectivity index (χ0v) is 14.3. The molecular formula is C12H10Br2ClFN4. The van der Waals surface area contributed by atoms with E-state index in [0.717, 1.165) is 6.54 Å². The van der Waals surface area contributed by atoms with Crippen LogP contribution in [-0.4, -0.2) is 16.5 Å². The Morgan fingerprint density at radius 2 is 1.95 bits per heavy atom. The minimum absolute atomic E-state index is 0.257. The van der Waals surface area contributed by atoms with Gasteiger partial charge < -0.3 is 10.6 Å². The molecular weight excluding hydrogens is 414 g/mol. The predicted molar refractivity (Wildman–Crippen MR) is 86.3 cm³/mol. The molecule has 0 aliphatic rings. The summed E-state index contributed by atoms with van der Waals surface area (Å²) in [7, 11) is 0. The number of hydrogen-bond acceptors (Lipinski definition) is 4. The lowest BCUT2D eigenvalue weighted by Gasteiger charge is -2.13. The molecule has 2 rings (SSSR count). The number of anilines is 3. The number of benzene rings is 1. The monoisotopic (exact) mass is 422 g/mol. The first-order valence-electron chi connectivity index (χ1n) is 5.68. The number of hydrogen-bond donors (Lipinski definition) is 2. The molecule has 0 spiro atoms. The highest BCUT2D eigenvalue weighted by Gasteiger charge is 2.13. The van der Waals surface area contributed by atoms with E-state index in [0.29, 0.717) is 26.3 Å². The van der Waals surface area contributed by atoms with E-state index in [1.807, 2.05) is 6.92 Å². The van der Waals surface area contributed by atoms with E-state index in [4.69, 9.17) is 11.6 Å². The van der Waals surface area contributed by atoms with Crippen molar-refractivity contribution >= 4 is 60.8 Å². The first-order chi connectivity index (χ1) is 9.52. The van der Waals surface area contributed by atoms with Gasteiger partial charge in [0.2, 0.25) is 0 Å². The minimum atomic E-state index is -0.414. The SMILES string of the molecule is CCNc1ncnc(Nc2c(Cl)cc(F)cc2Br)c1Br. The van der Waals surface area contributed by atoms with Crippen LogP contribution in [0.4, 0.5) is 21.7 Å². The Labute approximate surface area is 137 Å². The Morgan fingerprint density at radius 1 is 1.25 bits per heavy atom. The minimum Gasteiger partial charge on any atom is -0.369 e. The van der Waals surface area contributed by atoms with Crippen LogP contribution in [0.15, 0.2) is 27.4 Å². The van der Waals surface area contributed by atoms with Crippen molar-refractivity contribution in [2.75, 3.05) is 17.2 Å². The molecule has 0 fully saturated rings. The van der Waals surface area contributed by atoms with Crippen LogP contribution in [0.25, 0.3) is 0 Å². The summed E-state index contributed by atoms with van der Waals surface area (Å²) in [5, 5.41) is 6.41. The number of nitrogens with one attached hydrogen (secondary N) is 2. The smallest absolute Gasteiger partial charge is 0.150 e. The summed E-state index contributed by atoms with van der Waals surface area (Å²) >= 11 is 12.7. The largest absolute Gasteiger partial charge is 0.369 e. The van der Waals surface area contributed by atoms with Gasteiger partial charge in [-0.15, -0.1) is 0 Å². The summed E-state index contributed by atoms with van der Waals surface area (Å²) in [6.45, 7) is 2.70. The fourth-order valence-corrected chi connectivity index (χ4v) is 2.87. The topological polar surface area (TPSA) is 49.8 Å². The van der Waals surface area contributed by atoms with Crippen LogP contribution >= 0.6 is 43.5 Å². The van der Waals surface area contributed by atoms with E-state index in [9.17, 15) is 4.39 Å². The van der Waals surface area contributed by atoms with E-state index < -0.39 is 5.82 Å². The first-order valence-corrected chi connectivity index (χ1v) is 7.65. The van der Waals surface area contributed by atoms with Crippen LogP contribution in [0, 0.1) is 5.82 Å². The molecule has 106 valence electrons. The highest BCUT2D eigenvalue weighted by atomic mass is 79.9. The molecule has 4 nitrogen and oxygen atoms in total. The van der Waals surface area contributed by atoms with Crippen LogP contribution in [0.1, 0.15) is 6.92 Å². The molecule has 0 amide bonds. The van der Waals surface area contributed by atoms with Gasteiger partial charge in [-0.25, -0.2) is 14.4 Å². The van der Waals surface area contributed by atoms with Crippen LogP contribution in [0.2, 0.25) is 5.02 Å². The normalized spacial score (nSPS) is 10.4. The van der Waals surface area contributed by atoms with Gasteiger partial charge in [0.1, 0.15) is 28.3 Å². The second-order valence-corrected chi connectivity index (χ2v) is 5.84. The molecule has 20 heavy (non-hydrogen) atoms. The summed E-state index contributed by atoms with van der Waals surface area (Å²) < 4.78 is 14.4. The van der Waals surface area contributed by atoms with Gasteiger partial charge in [0.25, 0.3) is 0 Å². The van der Waals surface area contributed by atoms with Crippen molar-refractivity contribution in [3.8, 4) is 0 Å². The van der Waals surface area contributed by atoms with Crippen molar-refractivity contribution < 1.29 is 4.39 Å². The van der Waals surface area contributed by atoms with E-state index >= 15 is 0 Å². The van der Waals surface area contributed by atoms with Crippen molar-refractivity contribution in [2.24, 2.45) is 0 Å². The quantitative estimate of drug-likeness (QED) is 0.728. The molecule has 1 aromatic heterocycles. The zero-order chi connectivity index (χ0) is 14.7. The highest BCUT2D eigenvalue weighted by molar-refractivity contribution is 9.11. The predicted octanol–water partition coefficient (Wildman–Crippen LogP) is 4.97. The lowest BCUT2D eigenvalue weighted by Crippen LogP contribution is -2.04. The molecule has 0 aliphatic carbocycles. The molecule has 0 unspecified atom stereocenters. The van der Waals surface area contributed by atoms with E-state index in [2.05, 4.69) is 52.5 Å². The number of nitrogens with zero attached hydrogens (tertiary/aromatic N) is 2. The first kappa shape index (κ1) is 15.5. The lowest BCUT2D eigenvalue weighted by molar-refractivity contribution is 0.627. The molecule has 0 saturated heterocycles. The third kappa shape index (κ3) is 3.39. The Kier molecular flexibility index (Phi) is 5.17. The number of rotatable bonds is 4. The van der Waals surface area contributed by atoms with Crippen LogP contribution in [0.5, 0.6) is 0 Å². The molecule has 0 atom stereocenters. The number of aromatic nitrogens is 2. The summed E-state index contributed by atoms with van der Waals surface area (Å²) in [4.78, 5) is 8.25. The third-order valence-corrected chi connectivity index (χ3v) is 4.06. The van der Waals surface area contributed by atoms with Crippen LogP contribution in [0.3, 0.4) is 0 Å². The summed E-state index contributed by atoms with van der Waals surface area (Å²) in [5.74, 6) is 0.784. The molecule has 0 aliphatic heterocycles. The average Bonchev–Trinajstić information content (AvgIpc) is 2.38. The van der Waals surface area contributed by atoms with E-state index in [1.54, 1.807) is 0 Å². The van der Waals surface area contributed by atoms with Gasteiger partial charge in [0.15, 0.2) is 0 Å². The lowest BCUT2D eigenvalue weighted by atomic mass is 10.3. The Balaban J connectivity index is 2.38. The summed E-state index contributed by atoms with van der Waals surface area (Å²) in [6.07, 6.45) is 1.43. The summed E-state index contributed by atoms with van der Waals surface area (Å²) in [5.41, 5.74) is 0.537. The Bertz CT molecular complexity index is 616. The molecule has 1 heterocycles. The van der Waals surface area contributed by atoms with Gasteiger partial charge in [-0.2, -0.15) is 0 Å². The third-order valence-electron chi connectivity index (χ3n) is 2.38. The fourth-order valence-electron chi connectivity index (χ4n) is 1.53. The highest BCUT2D eigenvalue weighted by Crippen LogP contribution is 2.36. The molecule has 2 aromatic rings. The van der Waals surface area contributed by atoms with Crippen molar-refractivity contribution in [2.45, 2.75) is 6.92 Å². The summed E-state index contributed by atoms with van der Waals surface area (Å²) in [6, 6.07) is 2.56. The van der Waals surface area contributed by atoms with Crippen LogP contribution < -0.4 is 10.6 Å². The second kappa shape index (κ2) is 6.69. The molecule has 0 radical (unpaired) electrons. The van der Waals surface area contributed by atoms with E-state index in [1.165, 1.54) is 18.5 Å². The van der Waals surface area contributed by atoms with Crippen molar-refractivity contribution in [3.63, 3.8) is 0 Å². The maximum atomic E-state index is 13.2. The molecule has 8 heteroatoms. The van der Waals surface area contributed by atoms with Crippen molar-refractivity contribution in [1.82, 2.24) is 9.97 Å². The van der Waals surface area contributed by atoms with Gasteiger partial charge in [0.05, 0.1) is 10.7 Å². The second-order valence-electron chi connectivity index (χ2n) is 3.78.